The minimum atomic E-state index is -0.439. The van der Waals surface area contributed by atoms with Crippen molar-refractivity contribution in [2.75, 3.05) is 5.43 Å². The molecule has 0 aliphatic carbocycles. The smallest absolute Gasteiger partial charge is 0.165 e. The van der Waals surface area contributed by atoms with Crippen LogP contribution in [0.1, 0.15) is 11.1 Å². The van der Waals surface area contributed by atoms with Crippen molar-refractivity contribution in [3.8, 4) is 5.75 Å². The molecule has 3 aromatic rings. The van der Waals surface area contributed by atoms with Crippen LogP contribution in [-0.4, -0.2) is 6.21 Å². The summed E-state index contributed by atoms with van der Waals surface area (Å²) < 4.78 is 19.7. The number of hydrogen-bond acceptors (Lipinski definition) is 3. The van der Waals surface area contributed by atoms with Crippen LogP contribution in [0.25, 0.3) is 0 Å². The number of para-hydroxylation sites is 1. The summed E-state index contributed by atoms with van der Waals surface area (Å²) in [6, 6.07) is 21.5. The van der Waals surface area contributed by atoms with E-state index in [0.717, 1.165) is 11.3 Å². The summed E-state index contributed by atoms with van der Waals surface area (Å²) in [7, 11) is 0. The number of rotatable bonds is 6. The average Bonchev–Trinajstić information content (AvgIpc) is 2.62. The number of ether oxygens (including phenoxy) is 1. The summed E-state index contributed by atoms with van der Waals surface area (Å²) in [6.07, 6.45) is 1.55. The molecular weight excluding hydrogens is 339 g/mol. The van der Waals surface area contributed by atoms with Crippen LogP contribution in [0, 0.1) is 5.82 Å². The van der Waals surface area contributed by atoms with Gasteiger partial charge in [0.15, 0.2) is 11.6 Å². The quantitative estimate of drug-likeness (QED) is 0.468. The van der Waals surface area contributed by atoms with Crippen LogP contribution in [0.15, 0.2) is 77.9 Å². The van der Waals surface area contributed by atoms with E-state index in [1.165, 1.54) is 6.07 Å². The number of nitrogens with one attached hydrogen (secondary N) is 1. The molecule has 5 heteroatoms. The summed E-state index contributed by atoms with van der Waals surface area (Å²) in [5.41, 5.74) is 5.26. The van der Waals surface area contributed by atoms with Gasteiger partial charge < -0.3 is 4.74 Å². The SMILES string of the molecule is Fc1cc(C=NNc2ccccc2)ccc1OCc1cccc(Cl)c1. The van der Waals surface area contributed by atoms with Gasteiger partial charge in [-0.05, 0) is 53.6 Å². The van der Waals surface area contributed by atoms with E-state index < -0.39 is 5.82 Å². The van der Waals surface area contributed by atoms with Gasteiger partial charge in [-0.25, -0.2) is 4.39 Å². The predicted octanol–water partition coefficient (Wildman–Crippen LogP) is 5.50. The third-order valence-corrected chi connectivity index (χ3v) is 3.66. The molecule has 0 heterocycles. The largest absolute Gasteiger partial charge is 0.486 e. The fraction of sp³-hybridized carbons (Fsp3) is 0.0500. The molecule has 3 aromatic carbocycles. The molecule has 0 unspecified atom stereocenters. The Kier molecular flexibility index (Phi) is 5.65. The van der Waals surface area contributed by atoms with E-state index in [2.05, 4.69) is 10.5 Å². The zero-order valence-corrected chi connectivity index (χ0v) is 14.1. The molecule has 0 saturated heterocycles. The summed E-state index contributed by atoms with van der Waals surface area (Å²) in [4.78, 5) is 0. The molecule has 0 amide bonds. The first-order valence-electron chi connectivity index (χ1n) is 7.71. The lowest BCUT2D eigenvalue weighted by atomic mass is 10.2. The van der Waals surface area contributed by atoms with Crippen molar-refractivity contribution >= 4 is 23.5 Å². The van der Waals surface area contributed by atoms with Crippen molar-refractivity contribution in [3.05, 3.63) is 94.8 Å². The van der Waals surface area contributed by atoms with Gasteiger partial charge in [0.2, 0.25) is 0 Å². The lowest BCUT2D eigenvalue weighted by Gasteiger charge is -2.08. The number of nitrogens with zero attached hydrogens (tertiary/aromatic N) is 1. The van der Waals surface area contributed by atoms with Gasteiger partial charge in [-0.15, -0.1) is 0 Å². The van der Waals surface area contributed by atoms with Crippen molar-refractivity contribution in [1.29, 1.82) is 0 Å². The van der Waals surface area contributed by atoms with E-state index in [4.69, 9.17) is 16.3 Å². The van der Waals surface area contributed by atoms with Crippen molar-refractivity contribution in [3.63, 3.8) is 0 Å². The molecule has 126 valence electrons. The Balaban J connectivity index is 1.60. The second-order valence-electron chi connectivity index (χ2n) is 5.34. The number of hydrazone groups is 1. The maximum absolute atomic E-state index is 14.1. The van der Waals surface area contributed by atoms with Gasteiger partial charge in [0.1, 0.15) is 6.61 Å². The highest BCUT2D eigenvalue weighted by atomic mass is 35.5. The molecule has 0 bridgehead atoms. The van der Waals surface area contributed by atoms with E-state index >= 15 is 0 Å². The van der Waals surface area contributed by atoms with Crippen molar-refractivity contribution in [2.45, 2.75) is 6.61 Å². The fourth-order valence-corrected chi connectivity index (χ4v) is 2.41. The van der Waals surface area contributed by atoms with Gasteiger partial charge in [0, 0.05) is 5.02 Å². The highest BCUT2D eigenvalue weighted by molar-refractivity contribution is 6.30. The molecule has 0 radical (unpaired) electrons. The fourth-order valence-electron chi connectivity index (χ4n) is 2.20. The van der Waals surface area contributed by atoms with E-state index in [0.29, 0.717) is 10.6 Å². The first-order chi connectivity index (χ1) is 12.2. The third-order valence-electron chi connectivity index (χ3n) is 3.42. The Morgan fingerprint density at radius 3 is 2.60 bits per heavy atom. The summed E-state index contributed by atoms with van der Waals surface area (Å²) in [5.74, 6) is -0.251. The number of hydrogen-bond donors (Lipinski definition) is 1. The zero-order chi connectivity index (χ0) is 17.5. The lowest BCUT2D eigenvalue weighted by molar-refractivity contribution is 0.290. The van der Waals surface area contributed by atoms with Gasteiger partial charge in [-0.3, -0.25) is 5.43 Å². The van der Waals surface area contributed by atoms with Crippen LogP contribution in [-0.2, 0) is 6.61 Å². The van der Waals surface area contributed by atoms with Gasteiger partial charge in [0.25, 0.3) is 0 Å². The van der Waals surface area contributed by atoms with Gasteiger partial charge in [0.05, 0.1) is 11.9 Å². The topological polar surface area (TPSA) is 33.6 Å². The van der Waals surface area contributed by atoms with Gasteiger partial charge in [-0.2, -0.15) is 5.10 Å². The molecule has 0 fully saturated rings. The Morgan fingerprint density at radius 1 is 1.00 bits per heavy atom. The minimum Gasteiger partial charge on any atom is -0.486 e. The molecule has 0 aliphatic heterocycles. The van der Waals surface area contributed by atoms with Crippen LogP contribution >= 0.6 is 11.6 Å². The first kappa shape index (κ1) is 17.0. The Hall–Kier alpha value is -2.85. The molecule has 0 spiro atoms. The molecule has 1 N–H and O–H groups in total. The van der Waals surface area contributed by atoms with Crippen LogP contribution in [0.4, 0.5) is 10.1 Å². The van der Waals surface area contributed by atoms with Gasteiger partial charge >= 0.3 is 0 Å². The molecule has 3 nitrogen and oxygen atoms in total. The summed E-state index contributed by atoms with van der Waals surface area (Å²) in [6.45, 7) is 0.250. The predicted molar refractivity (Wildman–Crippen MR) is 99.8 cm³/mol. The maximum atomic E-state index is 14.1. The van der Waals surface area contributed by atoms with E-state index in [9.17, 15) is 4.39 Å². The second kappa shape index (κ2) is 8.31. The highest BCUT2D eigenvalue weighted by Crippen LogP contribution is 2.20. The zero-order valence-electron chi connectivity index (χ0n) is 13.3. The van der Waals surface area contributed by atoms with Crippen LogP contribution in [0.5, 0.6) is 5.75 Å². The van der Waals surface area contributed by atoms with Crippen molar-refractivity contribution in [2.24, 2.45) is 5.10 Å². The first-order valence-corrected chi connectivity index (χ1v) is 8.09. The summed E-state index contributed by atoms with van der Waals surface area (Å²) >= 11 is 5.92. The van der Waals surface area contributed by atoms with Crippen molar-refractivity contribution in [1.82, 2.24) is 0 Å². The molecule has 3 rings (SSSR count). The highest BCUT2D eigenvalue weighted by Gasteiger charge is 2.05. The average molecular weight is 355 g/mol. The monoisotopic (exact) mass is 354 g/mol. The normalized spacial score (nSPS) is 10.8. The molecule has 0 aliphatic rings. The molecule has 25 heavy (non-hydrogen) atoms. The van der Waals surface area contributed by atoms with Gasteiger partial charge in [-0.1, -0.05) is 41.9 Å². The van der Waals surface area contributed by atoms with E-state index in [1.807, 2.05) is 42.5 Å². The Morgan fingerprint density at radius 2 is 1.84 bits per heavy atom. The minimum absolute atomic E-state index is 0.188. The molecular formula is C20H16ClFN2O. The Labute approximate surface area is 150 Å². The second-order valence-corrected chi connectivity index (χ2v) is 5.78. The third kappa shape index (κ3) is 5.06. The number of halogens is 2. The maximum Gasteiger partial charge on any atom is 0.165 e. The molecule has 0 atom stereocenters. The van der Waals surface area contributed by atoms with Crippen LogP contribution in [0.3, 0.4) is 0 Å². The van der Waals surface area contributed by atoms with E-state index in [1.54, 1.807) is 30.5 Å². The van der Waals surface area contributed by atoms with Crippen molar-refractivity contribution < 1.29 is 9.13 Å². The van der Waals surface area contributed by atoms with Crippen LogP contribution < -0.4 is 10.2 Å². The van der Waals surface area contributed by atoms with E-state index in [-0.39, 0.29) is 12.4 Å². The standard InChI is InChI=1S/C20H16ClFN2O/c21-17-6-4-5-16(11-17)14-25-20-10-9-15(12-19(20)22)13-23-24-18-7-2-1-3-8-18/h1-13,24H,14H2. The lowest BCUT2D eigenvalue weighted by Crippen LogP contribution is -1.98. The number of anilines is 1. The summed E-state index contributed by atoms with van der Waals surface area (Å²) in [5, 5.41) is 4.71. The molecule has 0 aromatic heterocycles. The van der Waals surface area contributed by atoms with Crippen LogP contribution in [0.2, 0.25) is 5.02 Å². The number of benzene rings is 3. The molecule has 0 saturated carbocycles. The Bertz CT molecular complexity index is 869.